The lowest BCUT2D eigenvalue weighted by atomic mass is 10.1. The highest BCUT2D eigenvalue weighted by atomic mass is 35.5. The Balaban J connectivity index is 1.56. The van der Waals surface area contributed by atoms with E-state index < -0.39 is 16.3 Å². The number of hydrogen-bond acceptors (Lipinski definition) is 9. The molecule has 10 nitrogen and oxygen atoms in total. The number of esters is 1. The maximum atomic E-state index is 13.5. The zero-order valence-electron chi connectivity index (χ0n) is 18.4. The number of cyclic esters (lactones) is 1. The normalized spacial score (nSPS) is 15.7. The number of halogens is 2. The van der Waals surface area contributed by atoms with E-state index in [-0.39, 0.29) is 41.4 Å². The average molecular weight is 490 g/mol. The molecule has 0 bridgehead atoms. The third-order valence-electron chi connectivity index (χ3n) is 5.11. The summed E-state index contributed by atoms with van der Waals surface area (Å²) >= 11 is 5.83. The summed E-state index contributed by atoms with van der Waals surface area (Å²) < 4.78 is 24.5. The van der Waals surface area contributed by atoms with Gasteiger partial charge in [0.2, 0.25) is 0 Å². The standard InChI is InChI=1S/C22H21ClFN5O5/c1-22(2)11-28(10-20(30)34-22)5-6-33-19-9-17-14(8-18(19)29(31)32)21(26-12-25-17)27-13-3-4-16(24)15(23)7-13/h3-4,7-9,12H,5-6,10-11H2,1-2H3,(H,25,26,27). The molecule has 1 aliphatic rings. The van der Waals surface area contributed by atoms with Gasteiger partial charge in [-0.1, -0.05) is 11.6 Å². The number of fused-ring (bicyclic) bond motifs is 1. The second-order valence-electron chi connectivity index (χ2n) is 8.36. The zero-order chi connectivity index (χ0) is 24.5. The summed E-state index contributed by atoms with van der Waals surface area (Å²) in [6, 6.07) is 6.84. The highest BCUT2D eigenvalue weighted by Crippen LogP contribution is 2.35. The molecule has 1 aliphatic heterocycles. The molecule has 0 spiro atoms. The van der Waals surface area contributed by atoms with Crippen molar-refractivity contribution in [3.63, 3.8) is 0 Å². The molecule has 1 N–H and O–H groups in total. The molecule has 1 aromatic heterocycles. The topological polar surface area (TPSA) is 120 Å². The van der Waals surface area contributed by atoms with Crippen LogP contribution in [0.25, 0.3) is 10.9 Å². The van der Waals surface area contributed by atoms with Gasteiger partial charge in [-0.2, -0.15) is 0 Å². The molecule has 4 rings (SSSR count). The van der Waals surface area contributed by atoms with Crippen molar-refractivity contribution < 1.29 is 23.6 Å². The Morgan fingerprint density at radius 3 is 2.82 bits per heavy atom. The van der Waals surface area contributed by atoms with Crippen molar-refractivity contribution >= 4 is 45.7 Å². The molecule has 2 aromatic carbocycles. The van der Waals surface area contributed by atoms with E-state index in [2.05, 4.69) is 15.3 Å². The van der Waals surface area contributed by atoms with Crippen LogP contribution in [0.4, 0.5) is 21.6 Å². The first-order valence-electron chi connectivity index (χ1n) is 10.3. The summed E-state index contributed by atoms with van der Waals surface area (Å²) in [6.07, 6.45) is 1.30. The lowest BCUT2D eigenvalue weighted by Gasteiger charge is -2.37. The molecule has 34 heavy (non-hydrogen) atoms. The molecule has 0 aliphatic carbocycles. The van der Waals surface area contributed by atoms with Crippen LogP contribution in [-0.4, -0.2) is 57.6 Å². The number of hydrogen-bond donors (Lipinski definition) is 1. The van der Waals surface area contributed by atoms with Gasteiger partial charge in [0.1, 0.15) is 30.2 Å². The van der Waals surface area contributed by atoms with E-state index in [1.165, 1.54) is 36.7 Å². The summed E-state index contributed by atoms with van der Waals surface area (Å²) in [6.45, 7) is 4.80. The minimum atomic E-state index is -0.612. The first kappa shape index (κ1) is 23.6. The highest BCUT2D eigenvalue weighted by Gasteiger charge is 2.32. The van der Waals surface area contributed by atoms with E-state index in [0.29, 0.717) is 29.7 Å². The fraction of sp³-hybridized carbons (Fsp3) is 0.318. The molecular weight excluding hydrogens is 469 g/mol. The maximum absolute atomic E-state index is 13.5. The quantitative estimate of drug-likeness (QED) is 0.297. The van der Waals surface area contributed by atoms with Gasteiger partial charge in [0.25, 0.3) is 0 Å². The summed E-state index contributed by atoms with van der Waals surface area (Å²) in [5.41, 5.74) is -0.00784. The van der Waals surface area contributed by atoms with Crippen molar-refractivity contribution in [3.8, 4) is 5.75 Å². The van der Waals surface area contributed by atoms with Crippen molar-refractivity contribution in [3.05, 3.63) is 57.6 Å². The van der Waals surface area contributed by atoms with Gasteiger partial charge in [0.15, 0.2) is 5.75 Å². The SMILES string of the molecule is CC1(C)CN(CCOc2cc3ncnc(Nc4ccc(F)c(Cl)c4)c3cc2[N+](=O)[O-])CC(=O)O1. The van der Waals surface area contributed by atoms with Crippen LogP contribution < -0.4 is 10.1 Å². The van der Waals surface area contributed by atoms with E-state index in [0.717, 1.165) is 0 Å². The number of aromatic nitrogens is 2. The predicted octanol–water partition coefficient (Wildman–Crippen LogP) is 4.09. The molecule has 178 valence electrons. The van der Waals surface area contributed by atoms with Crippen LogP contribution >= 0.6 is 11.6 Å². The van der Waals surface area contributed by atoms with Gasteiger partial charge in [-0.3, -0.25) is 19.8 Å². The molecule has 0 amide bonds. The van der Waals surface area contributed by atoms with Gasteiger partial charge in [-0.15, -0.1) is 0 Å². The number of carbonyl (C=O) groups excluding carboxylic acids is 1. The fourth-order valence-corrected chi connectivity index (χ4v) is 3.91. The largest absolute Gasteiger partial charge is 0.485 e. The predicted molar refractivity (Wildman–Crippen MR) is 123 cm³/mol. The fourth-order valence-electron chi connectivity index (χ4n) is 3.73. The van der Waals surface area contributed by atoms with E-state index in [1.807, 2.05) is 18.7 Å². The highest BCUT2D eigenvalue weighted by molar-refractivity contribution is 6.31. The smallest absolute Gasteiger partial charge is 0.320 e. The Morgan fingerprint density at radius 2 is 2.12 bits per heavy atom. The molecule has 1 fully saturated rings. The molecular formula is C22H21ClFN5O5. The van der Waals surface area contributed by atoms with E-state index >= 15 is 0 Å². The number of rotatable bonds is 7. The van der Waals surface area contributed by atoms with Crippen LogP contribution in [-0.2, 0) is 9.53 Å². The monoisotopic (exact) mass is 489 g/mol. The van der Waals surface area contributed by atoms with Crippen LogP contribution in [0.5, 0.6) is 5.75 Å². The first-order valence-corrected chi connectivity index (χ1v) is 10.7. The zero-order valence-corrected chi connectivity index (χ0v) is 19.1. The van der Waals surface area contributed by atoms with Crippen molar-refractivity contribution in [1.82, 2.24) is 14.9 Å². The van der Waals surface area contributed by atoms with Gasteiger partial charge < -0.3 is 14.8 Å². The van der Waals surface area contributed by atoms with Gasteiger partial charge in [-0.25, -0.2) is 14.4 Å². The van der Waals surface area contributed by atoms with Crippen LogP contribution in [0.15, 0.2) is 36.7 Å². The maximum Gasteiger partial charge on any atom is 0.320 e. The number of nitrogens with one attached hydrogen (secondary N) is 1. The van der Waals surface area contributed by atoms with Crippen molar-refractivity contribution in [2.75, 3.05) is 31.6 Å². The first-order chi connectivity index (χ1) is 16.1. The van der Waals surface area contributed by atoms with Gasteiger partial charge in [0.05, 0.1) is 27.4 Å². The van der Waals surface area contributed by atoms with E-state index in [4.69, 9.17) is 21.1 Å². The van der Waals surface area contributed by atoms with Gasteiger partial charge in [0, 0.05) is 30.9 Å². The summed E-state index contributed by atoms with van der Waals surface area (Å²) in [4.78, 5) is 33.2. The molecule has 3 aromatic rings. The second-order valence-corrected chi connectivity index (χ2v) is 8.77. The number of anilines is 2. The number of nitro groups is 1. The minimum Gasteiger partial charge on any atom is -0.485 e. The number of morpholine rings is 1. The summed E-state index contributed by atoms with van der Waals surface area (Å²) in [5, 5.41) is 15.0. The Kier molecular flexibility index (Phi) is 6.49. The molecule has 0 radical (unpaired) electrons. The number of nitrogens with zero attached hydrogens (tertiary/aromatic N) is 4. The lowest BCUT2D eigenvalue weighted by molar-refractivity contribution is -0.385. The molecule has 1 saturated heterocycles. The molecule has 0 atom stereocenters. The summed E-state index contributed by atoms with van der Waals surface area (Å²) in [5.74, 6) is -0.559. The Hall–Kier alpha value is -3.57. The molecule has 0 unspecified atom stereocenters. The minimum absolute atomic E-state index is 0.0471. The van der Waals surface area contributed by atoms with E-state index in [9.17, 15) is 19.3 Å². The molecule has 0 saturated carbocycles. The van der Waals surface area contributed by atoms with Crippen molar-refractivity contribution in [2.24, 2.45) is 0 Å². The Morgan fingerprint density at radius 1 is 1.32 bits per heavy atom. The van der Waals surface area contributed by atoms with Crippen LogP contribution in [0.1, 0.15) is 13.8 Å². The Bertz CT molecular complexity index is 1270. The van der Waals surface area contributed by atoms with Crippen molar-refractivity contribution in [2.45, 2.75) is 19.4 Å². The number of ether oxygens (including phenoxy) is 2. The Labute approximate surface area is 198 Å². The van der Waals surface area contributed by atoms with Crippen LogP contribution in [0.2, 0.25) is 5.02 Å². The van der Waals surface area contributed by atoms with Crippen LogP contribution in [0, 0.1) is 15.9 Å². The number of nitro benzene ring substituents is 1. The average Bonchev–Trinajstić information content (AvgIpc) is 2.74. The van der Waals surface area contributed by atoms with Crippen molar-refractivity contribution in [1.29, 1.82) is 0 Å². The molecule has 12 heteroatoms. The second kappa shape index (κ2) is 9.35. The van der Waals surface area contributed by atoms with Gasteiger partial charge in [-0.05, 0) is 32.0 Å². The number of benzene rings is 2. The van der Waals surface area contributed by atoms with Gasteiger partial charge >= 0.3 is 11.7 Å². The third kappa shape index (κ3) is 5.32. The summed E-state index contributed by atoms with van der Waals surface area (Å²) in [7, 11) is 0. The lowest BCUT2D eigenvalue weighted by Crippen LogP contribution is -2.51. The number of carbonyl (C=O) groups is 1. The molecule has 2 heterocycles. The third-order valence-corrected chi connectivity index (χ3v) is 5.40. The van der Waals surface area contributed by atoms with Crippen LogP contribution in [0.3, 0.4) is 0 Å². The van der Waals surface area contributed by atoms with E-state index in [1.54, 1.807) is 0 Å².